The molecule has 3 atom stereocenters. The maximum absolute atomic E-state index is 9.81. The van der Waals surface area contributed by atoms with E-state index in [9.17, 15) is 5.11 Å². The fourth-order valence-corrected chi connectivity index (χ4v) is 1.96. The topological polar surface area (TPSA) is 29.5 Å². The minimum Gasteiger partial charge on any atom is -0.393 e. The van der Waals surface area contributed by atoms with Gasteiger partial charge < -0.3 is 9.84 Å². The van der Waals surface area contributed by atoms with Gasteiger partial charge >= 0.3 is 0 Å². The molecule has 13 heavy (non-hydrogen) atoms. The first-order valence-corrected chi connectivity index (χ1v) is 5.53. The maximum atomic E-state index is 9.81. The minimum absolute atomic E-state index is 0.128. The zero-order valence-corrected chi connectivity index (χ0v) is 8.83. The fourth-order valence-electron chi connectivity index (χ4n) is 1.96. The van der Waals surface area contributed by atoms with Crippen molar-refractivity contribution in [1.82, 2.24) is 0 Å². The molecule has 0 aromatic carbocycles. The Kier molecular flexibility index (Phi) is 4.74. The molecular weight excluding hydrogens is 164 g/mol. The van der Waals surface area contributed by atoms with Crippen LogP contribution in [0.3, 0.4) is 0 Å². The van der Waals surface area contributed by atoms with Crippen molar-refractivity contribution in [3.8, 4) is 0 Å². The predicted octanol–water partition coefficient (Wildman–Crippen LogP) is 2.35. The molecular formula is C11H22O2. The maximum Gasteiger partial charge on any atom is 0.0591 e. The van der Waals surface area contributed by atoms with Crippen molar-refractivity contribution >= 4 is 0 Å². The van der Waals surface area contributed by atoms with Crippen molar-refractivity contribution in [2.24, 2.45) is 5.92 Å². The molecule has 1 aliphatic rings. The average Bonchev–Trinajstić information content (AvgIpc) is 2.52. The van der Waals surface area contributed by atoms with Gasteiger partial charge in [-0.2, -0.15) is 0 Å². The monoisotopic (exact) mass is 186 g/mol. The van der Waals surface area contributed by atoms with Gasteiger partial charge in [-0.25, -0.2) is 0 Å². The minimum atomic E-state index is -0.128. The van der Waals surface area contributed by atoms with E-state index in [1.54, 1.807) is 0 Å². The number of hydrogen-bond donors (Lipinski definition) is 1. The molecule has 0 aromatic rings. The molecule has 78 valence electrons. The van der Waals surface area contributed by atoms with Crippen molar-refractivity contribution in [2.45, 2.75) is 58.2 Å². The van der Waals surface area contributed by atoms with E-state index in [-0.39, 0.29) is 6.10 Å². The van der Waals surface area contributed by atoms with Crippen molar-refractivity contribution in [3.05, 3.63) is 0 Å². The van der Waals surface area contributed by atoms with Crippen LogP contribution in [-0.2, 0) is 4.74 Å². The fraction of sp³-hybridized carbons (Fsp3) is 1.00. The first kappa shape index (κ1) is 11.0. The molecule has 1 aliphatic heterocycles. The van der Waals surface area contributed by atoms with Crippen molar-refractivity contribution in [3.63, 3.8) is 0 Å². The van der Waals surface area contributed by atoms with Crippen LogP contribution in [0.5, 0.6) is 0 Å². The summed E-state index contributed by atoms with van der Waals surface area (Å²) in [5, 5.41) is 9.81. The molecule has 1 saturated heterocycles. The van der Waals surface area contributed by atoms with Gasteiger partial charge in [0.25, 0.3) is 0 Å². The standard InChI is InChI=1S/C11H22O2/c1-3-4-5-6-11(12)10-7-9(2)13-8-10/h9-12H,3-8H2,1-2H3. The average molecular weight is 186 g/mol. The Balaban J connectivity index is 2.12. The molecule has 3 unspecified atom stereocenters. The van der Waals surface area contributed by atoms with Gasteiger partial charge in [-0.15, -0.1) is 0 Å². The molecule has 0 spiro atoms. The lowest BCUT2D eigenvalue weighted by Gasteiger charge is -2.15. The van der Waals surface area contributed by atoms with E-state index in [2.05, 4.69) is 13.8 Å². The molecule has 1 N–H and O–H groups in total. The summed E-state index contributed by atoms with van der Waals surface area (Å²) in [6.45, 7) is 5.03. The number of unbranched alkanes of at least 4 members (excludes halogenated alkanes) is 2. The Morgan fingerprint density at radius 2 is 2.23 bits per heavy atom. The number of aliphatic hydroxyl groups is 1. The molecule has 0 saturated carbocycles. The smallest absolute Gasteiger partial charge is 0.0591 e. The van der Waals surface area contributed by atoms with Crippen LogP contribution in [0.15, 0.2) is 0 Å². The summed E-state index contributed by atoms with van der Waals surface area (Å²) in [6.07, 6.45) is 5.83. The largest absolute Gasteiger partial charge is 0.393 e. The van der Waals surface area contributed by atoms with Gasteiger partial charge in [-0.1, -0.05) is 26.2 Å². The quantitative estimate of drug-likeness (QED) is 0.668. The molecule has 2 nitrogen and oxygen atoms in total. The molecule has 1 fully saturated rings. The van der Waals surface area contributed by atoms with Crippen LogP contribution in [0.25, 0.3) is 0 Å². The number of ether oxygens (including phenoxy) is 1. The van der Waals surface area contributed by atoms with E-state index in [1.165, 1.54) is 12.8 Å². The van der Waals surface area contributed by atoms with Gasteiger partial charge in [0.2, 0.25) is 0 Å². The lowest BCUT2D eigenvalue weighted by atomic mass is 9.95. The van der Waals surface area contributed by atoms with Crippen molar-refractivity contribution in [2.75, 3.05) is 6.61 Å². The third-order valence-corrected chi connectivity index (χ3v) is 2.88. The van der Waals surface area contributed by atoms with Gasteiger partial charge in [-0.05, 0) is 19.8 Å². The number of rotatable bonds is 5. The first-order chi connectivity index (χ1) is 6.24. The summed E-state index contributed by atoms with van der Waals surface area (Å²) in [5.74, 6) is 0.395. The highest BCUT2D eigenvalue weighted by molar-refractivity contribution is 4.76. The zero-order chi connectivity index (χ0) is 9.68. The van der Waals surface area contributed by atoms with Crippen LogP contribution in [0, 0.1) is 5.92 Å². The Bertz CT molecular complexity index is 136. The van der Waals surface area contributed by atoms with Crippen molar-refractivity contribution in [1.29, 1.82) is 0 Å². The van der Waals surface area contributed by atoms with E-state index < -0.39 is 0 Å². The summed E-state index contributed by atoms with van der Waals surface area (Å²) >= 11 is 0. The summed E-state index contributed by atoms with van der Waals surface area (Å²) in [7, 11) is 0. The lowest BCUT2D eigenvalue weighted by Crippen LogP contribution is -2.20. The number of aliphatic hydroxyl groups excluding tert-OH is 1. The molecule has 0 aliphatic carbocycles. The summed E-state index contributed by atoms with van der Waals surface area (Å²) in [4.78, 5) is 0. The van der Waals surface area contributed by atoms with Crippen LogP contribution < -0.4 is 0 Å². The summed E-state index contributed by atoms with van der Waals surface area (Å²) in [6, 6.07) is 0. The molecule has 0 aromatic heterocycles. The van der Waals surface area contributed by atoms with Gasteiger partial charge in [0, 0.05) is 5.92 Å². The second kappa shape index (κ2) is 5.61. The molecule has 2 heteroatoms. The molecule has 0 bridgehead atoms. The van der Waals surface area contributed by atoms with E-state index in [1.807, 2.05) is 0 Å². The second-order valence-electron chi connectivity index (χ2n) is 4.20. The highest BCUT2D eigenvalue weighted by atomic mass is 16.5. The van der Waals surface area contributed by atoms with Crippen LogP contribution in [0.1, 0.15) is 46.0 Å². The van der Waals surface area contributed by atoms with Gasteiger partial charge in [-0.3, -0.25) is 0 Å². The summed E-state index contributed by atoms with van der Waals surface area (Å²) < 4.78 is 5.43. The Hall–Kier alpha value is -0.0800. The second-order valence-corrected chi connectivity index (χ2v) is 4.20. The normalized spacial score (nSPS) is 30.7. The third kappa shape index (κ3) is 3.65. The van der Waals surface area contributed by atoms with E-state index in [0.717, 1.165) is 25.9 Å². The highest BCUT2D eigenvalue weighted by Crippen LogP contribution is 2.24. The van der Waals surface area contributed by atoms with Gasteiger partial charge in [0.05, 0.1) is 18.8 Å². The van der Waals surface area contributed by atoms with E-state index >= 15 is 0 Å². The summed E-state index contributed by atoms with van der Waals surface area (Å²) in [5.41, 5.74) is 0. The molecule has 0 radical (unpaired) electrons. The van der Waals surface area contributed by atoms with Crippen LogP contribution in [0.2, 0.25) is 0 Å². The number of hydrogen-bond acceptors (Lipinski definition) is 2. The van der Waals surface area contributed by atoms with Gasteiger partial charge in [0.1, 0.15) is 0 Å². The third-order valence-electron chi connectivity index (χ3n) is 2.88. The van der Waals surface area contributed by atoms with Crippen LogP contribution >= 0.6 is 0 Å². The van der Waals surface area contributed by atoms with Crippen molar-refractivity contribution < 1.29 is 9.84 Å². The zero-order valence-electron chi connectivity index (χ0n) is 8.83. The lowest BCUT2D eigenvalue weighted by molar-refractivity contribution is 0.0740. The predicted molar refractivity (Wildman–Crippen MR) is 53.7 cm³/mol. The van der Waals surface area contributed by atoms with Crippen LogP contribution in [0.4, 0.5) is 0 Å². The molecule has 1 heterocycles. The highest BCUT2D eigenvalue weighted by Gasteiger charge is 2.27. The molecule has 1 rings (SSSR count). The van der Waals surface area contributed by atoms with Crippen LogP contribution in [-0.4, -0.2) is 23.9 Å². The van der Waals surface area contributed by atoms with E-state index in [0.29, 0.717) is 12.0 Å². The Labute approximate surface area is 81.3 Å². The first-order valence-electron chi connectivity index (χ1n) is 5.53. The Morgan fingerprint density at radius 1 is 1.46 bits per heavy atom. The Morgan fingerprint density at radius 3 is 2.77 bits per heavy atom. The SMILES string of the molecule is CCCCCC(O)C1COC(C)C1. The van der Waals surface area contributed by atoms with Gasteiger partial charge in [0.15, 0.2) is 0 Å². The van der Waals surface area contributed by atoms with E-state index in [4.69, 9.17) is 4.74 Å². The molecule has 0 amide bonds.